The molecule has 0 N–H and O–H groups in total. The fourth-order valence-electron chi connectivity index (χ4n) is 2.08. The third-order valence-electron chi connectivity index (χ3n) is 3.01. The van der Waals surface area contributed by atoms with Crippen molar-refractivity contribution < 1.29 is 22.1 Å². The molecular weight excluding hydrogens is 268 g/mol. The topological polar surface area (TPSA) is 61.8 Å². The average Bonchev–Trinajstić information content (AvgIpc) is 2.69. The van der Waals surface area contributed by atoms with Gasteiger partial charge in [0.25, 0.3) is 10.1 Å². The lowest BCUT2D eigenvalue weighted by Gasteiger charge is -2.19. The van der Waals surface area contributed by atoms with E-state index in [-0.39, 0.29) is 4.90 Å². The second kappa shape index (κ2) is 4.86. The Balaban J connectivity index is 2.48. The van der Waals surface area contributed by atoms with Crippen molar-refractivity contribution in [2.75, 3.05) is 13.7 Å². The van der Waals surface area contributed by atoms with Gasteiger partial charge in [-0.1, -0.05) is 17.7 Å². The van der Waals surface area contributed by atoms with Crippen molar-refractivity contribution >= 4 is 10.1 Å². The van der Waals surface area contributed by atoms with E-state index in [0.717, 1.165) is 12.7 Å². The quantitative estimate of drug-likeness (QED) is 0.797. The van der Waals surface area contributed by atoms with Gasteiger partial charge in [0.2, 0.25) is 0 Å². The van der Waals surface area contributed by atoms with Gasteiger partial charge in [-0.2, -0.15) is 8.42 Å². The van der Waals surface area contributed by atoms with Crippen molar-refractivity contribution in [3.8, 4) is 0 Å². The minimum Gasteiger partial charge on any atom is -0.347 e. The van der Waals surface area contributed by atoms with Gasteiger partial charge in [0.15, 0.2) is 5.79 Å². The maximum Gasteiger partial charge on any atom is 0.297 e. The maximum absolute atomic E-state index is 11.9. The summed E-state index contributed by atoms with van der Waals surface area (Å²) in [7, 11) is -2.61. The van der Waals surface area contributed by atoms with Gasteiger partial charge in [-0.05, 0) is 26.8 Å². The normalized spacial score (nSPS) is 22.6. The molecule has 0 saturated carbocycles. The molecule has 6 heteroatoms. The van der Waals surface area contributed by atoms with E-state index in [4.69, 9.17) is 9.47 Å². The summed E-state index contributed by atoms with van der Waals surface area (Å²) in [5.74, 6) is -0.706. The van der Waals surface area contributed by atoms with Crippen molar-refractivity contribution in [3.63, 3.8) is 0 Å². The van der Waals surface area contributed by atoms with Gasteiger partial charge in [0.05, 0.1) is 18.6 Å². The number of benzene rings is 1. The fourth-order valence-corrected chi connectivity index (χ4v) is 2.97. The van der Waals surface area contributed by atoms with E-state index in [1.807, 2.05) is 6.92 Å². The number of hydrogen-bond acceptors (Lipinski definition) is 5. The molecule has 1 saturated heterocycles. The van der Waals surface area contributed by atoms with Crippen LogP contribution in [-0.2, 0) is 23.8 Å². The van der Waals surface area contributed by atoms with E-state index < -0.39 is 22.0 Å². The molecule has 1 heterocycles. The van der Waals surface area contributed by atoms with Gasteiger partial charge in [0, 0.05) is 5.56 Å². The summed E-state index contributed by atoms with van der Waals surface area (Å²) < 4.78 is 39.7. The van der Waals surface area contributed by atoms with Gasteiger partial charge in [-0.25, -0.2) is 0 Å². The molecule has 2 rings (SSSR count). The molecule has 0 amide bonds. The van der Waals surface area contributed by atoms with E-state index in [1.54, 1.807) is 26.0 Å². The third kappa shape index (κ3) is 2.97. The number of hydrogen-bond donors (Lipinski definition) is 0. The van der Waals surface area contributed by atoms with E-state index in [2.05, 4.69) is 4.18 Å². The van der Waals surface area contributed by atoms with Gasteiger partial charge >= 0.3 is 0 Å². The van der Waals surface area contributed by atoms with Crippen LogP contribution in [0.2, 0.25) is 0 Å². The largest absolute Gasteiger partial charge is 0.347 e. The first-order valence-corrected chi connectivity index (χ1v) is 7.39. The molecule has 1 aromatic carbocycles. The molecule has 1 aliphatic heterocycles. The first kappa shape index (κ1) is 14.5. The second-order valence-electron chi connectivity index (χ2n) is 4.98. The molecule has 1 unspecified atom stereocenters. The summed E-state index contributed by atoms with van der Waals surface area (Å²) in [4.78, 5) is 0.131. The van der Waals surface area contributed by atoms with Crippen LogP contribution in [0.15, 0.2) is 23.1 Å². The minimum atomic E-state index is -3.76. The SMILES string of the molecule is COS(=O)(=O)c1ccc(C)cc1C1COC(C)(C)O1. The molecule has 106 valence electrons. The van der Waals surface area contributed by atoms with Crippen molar-refractivity contribution in [2.45, 2.75) is 37.6 Å². The van der Waals surface area contributed by atoms with E-state index in [1.165, 1.54) is 6.07 Å². The van der Waals surface area contributed by atoms with E-state index >= 15 is 0 Å². The van der Waals surface area contributed by atoms with Gasteiger partial charge in [0.1, 0.15) is 6.10 Å². The molecule has 5 nitrogen and oxygen atoms in total. The molecule has 0 radical (unpaired) electrons. The standard InChI is InChI=1S/C13H18O5S/c1-9-5-6-12(19(14,15)16-4)10(7-9)11-8-17-13(2,3)18-11/h5-7,11H,8H2,1-4H3. The molecule has 1 atom stereocenters. The van der Waals surface area contributed by atoms with Gasteiger partial charge < -0.3 is 9.47 Å². The summed E-state index contributed by atoms with van der Waals surface area (Å²) in [5, 5.41) is 0. The van der Waals surface area contributed by atoms with Crippen LogP contribution in [0.5, 0.6) is 0 Å². The zero-order valence-electron chi connectivity index (χ0n) is 11.5. The van der Waals surface area contributed by atoms with Crippen LogP contribution >= 0.6 is 0 Å². The molecular formula is C13H18O5S. The first-order chi connectivity index (χ1) is 8.75. The van der Waals surface area contributed by atoms with Crippen LogP contribution in [0.25, 0.3) is 0 Å². The van der Waals surface area contributed by atoms with E-state index in [0.29, 0.717) is 12.2 Å². The summed E-state index contributed by atoms with van der Waals surface area (Å²) in [5.41, 5.74) is 1.53. The highest BCUT2D eigenvalue weighted by atomic mass is 32.2. The van der Waals surface area contributed by atoms with Crippen molar-refractivity contribution in [1.29, 1.82) is 0 Å². The second-order valence-corrected chi connectivity index (χ2v) is 6.66. The number of rotatable bonds is 3. The lowest BCUT2D eigenvalue weighted by molar-refractivity contribution is -0.139. The van der Waals surface area contributed by atoms with Crippen LogP contribution in [0.4, 0.5) is 0 Å². The van der Waals surface area contributed by atoms with Crippen molar-refractivity contribution in [3.05, 3.63) is 29.3 Å². The Labute approximate surface area is 113 Å². The first-order valence-electron chi connectivity index (χ1n) is 5.98. The highest BCUT2D eigenvalue weighted by molar-refractivity contribution is 7.86. The van der Waals surface area contributed by atoms with Crippen LogP contribution in [0.1, 0.15) is 31.1 Å². The monoisotopic (exact) mass is 286 g/mol. The molecule has 1 fully saturated rings. The zero-order valence-corrected chi connectivity index (χ0v) is 12.3. The lowest BCUT2D eigenvalue weighted by Crippen LogP contribution is -2.20. The Bertz CT molecular complexity index is 577. The highest BCUT2D eigenvalue weighted by Gasteiger charge is 2.36. The third-order valence-corrected chi connectivity index (χ3v) is 4.36. The smallest absolute Gasteiger partial charge is 0.297 e. The van der Waals surface area contributed by atoms with Gasteiger partial charge in [-0.3, -0.25) is 4.18 Å². The van der Waals surface area contributed by atoms with Crippen LogP contribution in [0.3, 0.4) is 0 Å². The number of aryl methyl sites for hydroxylation is 1. The van der Waals surface area contributed by atoms with Crippen LogP contribution in [0, 0.1) is 6.92 Å². The van der Waals surface area contributed by atoms with Gasteiger partial charge in [-0.15, -0.1) is 0 Å². The molecule has 0 spiro atoms. The predicted molar refractivity (Wildman–Crippen MR) is 69.2 cm³/mol. The molecule has 1 aliphatic rings. The summed E-state index contributed by atoms with van der Waals surface area (Å²) in [6.45, 7) is 5.82. The molecule has 19 heavy (non-hydrogen) atoms. The predicted octanol–water partition coefficient (Wildman–Crippen LogP) is 2.15. The lowest BCUT2D eigenvalue weighted by atomic mass is 10.1. The summed E-state index contributed by atoms with van der Waals surface area (Å²) in [6.07, 6.45) is -0.408. The maximum atomic E-state index is 11.9. The molecule has 0 aromatic heterocycles. The summed E-state index contributed by atoms with van der Waals surface area (Å²) in [6, 6.07) is 5.07. The zero-order chi connectivity index (χ0) is 14.3. The Morgan fingerprint density at radius 1 is 1.37 bits per heavy atom. The fraction of sp³-hybridized carbons (Fsp3) is 0.538. The molecule has 0 aliphatic carbocycles. The Kier molecular flexibility index (Phi) is 3.70. The highest BCUT2D eigenvalue weighted by Crippen LogP contribution is 2.36. The van der Waals surface area contributed by atoms with Crippen LogP contribution in [-0.4, -0.2) is 27.9 Å². The minimum absolute atomic E-state index is 0.131. The Hall–Kier alpha value is -0.950. The Morgan fingerprint density at radius 3 is 2.58 bits per heavy atom. The summed E-state index contributed by atoms with van der Waals surface area (Å²) >= 11 is 0. The van der Waals surface area contributed by atoms with E-state index in [9.17, 15) is 8.42 Å². The van der Waals surface area contributed by atoms with Crippen molar-refractivity contribution in [1.82, 2.24) is 0 Å². The molecule has 1 aromatic rings. The van der Waals surface area contributed by atoms with Crippen LogP contribution < -0.4 is 0 Å². The number of ether oxygens (including phenoxy) is 2. The van der Waals surface area contributed by atoms with Crippen molar-refractivity contribution in [2.24, 2.45) is 0 Å². The Morgan fingerprint density at radius 2 is 2.05 bits per heavy atom. The average molecular weight is 286 g/mol. The molecule has 0 bridgehead atoms.